The summed E-state index contributed by atoms with van der Waals surface area (Å²) in [7, 11) is 0. The number of esters is 1. The lowest BCUT2D eigenvalue weighted by Crippen LogP contribution is -2.22. The van der Waals surface area contributed by atoms with E-state index in [1.165, 1.54) is 6.26 Å². The van der Waals surface area contributed by atoms with E-state index in [-0.39, 0.29) is 18.5 Å². The van der Waals surface area contributed by atoms with E-state index < -0.39 is 5.79 Å². The maximum Gasteiger partial charge on any atom is 0.309 e. The summed E-state index contributed by atoms with van der Waals surface area (Å²) in [6, 6.07) is 0. The van der Waals surface area contributed by atoms with Gasteiger partial charge in [-0.3, -0.25) is 4.79 Å². The highest BCUT2D eigenvalue weighted by Gasteiger charge is 2.28. The molecule has 0 saturated carbocycles. The summed E-state index contributed by atoms with van der Waals surface area (Å²) in [5.41, 5.74) is 0. The third-order valence-electron chi connectivity index (χ3n) is 2.82. The second-order valence-corrected chi connectivity index (χ2v) is 5.09. The van der Waals surface area contributed by atoms with Gasteiger partial charge in [-0.15, -0.1) is 0 Å². The minimum absolute atomic E-state index is 0.0101. The van der Waals surface area contributed by atoms with E-state index in [9.17, 15) is 4.79 Å². The number of carbonyl (C=O) groups is 1. The van der Waals surface area contributed by atoms with Crippen molar-refractivity contribution in [2.24, 2.45) is 5.92 Å². The summed E-state index contributed by atoms with van der Waals surface area (Å²) < 4.78 is 16.0. The van der Waals surface area contributed by atoms with E-state index in [1.54, 1.807) is 0 Å². The SMILES string of the molecule is CCCC(CCC)C(=O)OCC1=COC(C)(C)O1. The number of ether oxygens (including phenoxy) is 3. The largest absolute Gasteiger partial charge is 0.457 e. The van der Waals surface area contributed by atoms with Gasteiger partial charge in [-0.25, -0.2) is 0 Å². The molecule has 0 N–H and O–H groups in total. The molecule has 0 fully saturated rings. The number of rotatable bonds is 7. The molecule has 1 aliphatic rings. The fraction of sp³-hybridized carbons (Fsp3) is 0.786. The Hall–Kier alpha value is -1.19. The van der Waals surface area contributed by atoms with Crippen LogP contribution in [0, 0.1) is 5.92 Å². The Morgan fingerprint density at radius 1 is 1.33 bits per heavy atom. The van der Waals surface area contributed by atoms with Crippen LogP contribution in [0.1, 0.15) is 53.4 Å². The molecule has 4 heteroatoms. The molecule has 0 bridgehead atoms. The Morgan fingerprint density at radius 2 is 1.94 bits per heavy atom. The van der Waals surface area contributed by atoms with Crippen LogP contribution in [-0.2, 0) is 19.0 Å². The Morgan fingerprint density at radius 3 is 2.39 bits per heavy atom. The van der Waals surface area contributed by atoms with Crippen LogP contribution >= 0.6 is 0 Å². The average Bonchev–Trinajstić information content (AvgIpc) is 2.66. The average molecular weight is 256 g/mol. The molecule has 0 unspecified atom stereocenters. The van der Waals surface area contributed by atoms with E-state index in [2.05, 4.69) is 13.8 Å². The number of hydrogen-bond acceptors (Lipinski definition) is 4. The highest BCUT2D eigenvalue weighted by Crippen LogP contribution is 2.24. The van der Waals surface area contributed by atoms with E-state index in [1.807, 2.05) is 13.8 Å². The van der Waals surface area contributed by atoms with Crippen molar-refractivity contribution in [3.63, 3.8) is 0 Å². The lowest BCUT2D eigenvalue weighted by Gasteiger charge is -2.18. The Kier molecular flexibility index (Phi) is 5.51. The molecule has 0 aromatic rings. The lowest BCUT2D eigenvalue weighted by molar-refractivity contribution is -0.152. The van der Waals surface area contributed by atoms with Gasteiger partial charge in [0.2, 0.25) is 5.79 Å². The molecule has 1 aliphatic heterocycles. The van der Waals surface area contributed by atoms with Crippen LogP contribution in [0.2, 0.25) is 0 Å². The van der Waals surface area contributed by atoms with Gasteiger partial charge in [-0.05, 0) is 12.8 Å². The van der Waals surface area contributed by atoms with Crippen molar-refractivity contribution in [3.05, 3.63) is 12.0 Å². The van der Waals surface area contributed by atoms with Gasteiger partial charge in [0.1, 0.15) is 6.26 Å². The maximum atomic E-state index is 11.9. The summed E-state index contributed by atoms with van der Waals surface area (Å²) in [6.45, 7) is 7.95. The van der Waals surface area contributed by atoms with Gasteiger partial charge >= 0.3 is 5.97 Å². The van der Waals surface area contributed by atoms with E-state index in [0.717, 1.165) is 25.7 Å². The first-order valence-electron chi connectivity index (χ1n) is 6.71. The summed E-state index contributed by atoms with van der Waals surface area (Å²) in [4.78, 5) is 11.9. The van der Waals surface area contributed by atoms with Crippen molar-refractivity contribution in [1.29, 1.82) is 0 Å². The molecule has 0 saturated heterocycles. The Labute approximate surface area is 109 Å². The molecule has 18 heavy (non-hydrogen) atoms. The molecule has 0 atom stereocenters. The predicted molar refractivity (Wildman–Crippen MR) is 68.6 cm³/mol. The second-order valence-electron chi connectivity index (χ2n) is 5.09. The molecule has 0 aromatic carbocycles. The fourth-order valence-electron chi connectivity index (χ4n) is 1.97. The minimum Gasteiger partial charge on any atom is -0.457 e. The van der Waals surface area contributed by atoms with Gasteiger partial charge < -0.3 is 14.2 Å². The van der Waals surface area contributed by atoms with Gasteiger partial charge in [-0.1, -0.05) is 26.7 Å². The molecule has 1 rings (SSSR count). The monoisotopic (exact) mass is 256 g/mol. The molecular weight excluding hydrogens is 232 g/mol. The summed E-state index contributed by atoms with van der Waals surface area (Å²) in [5, 5.41) is 0. The van der Waals surface area contributed by atoms with E-state index >= 15 is 0 Å². The van der Waals surface area contributed by atoms with Crippen molar-refractivity contribution in [2.45, 2.75) is 59.2 Å². The van der Waals surface area contributed by atoms with Crippen molar-refractivity contribution >= 4 is 5.97 Å². The van der Waals surface area contributed by atoms with Crippen molar-refractivity contribution < 1.29 is 19.0 Å². The van der Waals surface area contributed by atoms with E-state index in [4.69, 9.17) is 14.2 Å². The van der Waals surface area contributed by atoms with Crippen LogP contribution in [0.15, 0.2) is 12.0 Å². The minimum atomic E-state index is -0.645. The van der Waals surface area contributed by atoms with Crippen molar-refractivity contribution in [3.8, 4) is 0 Å². The highest BCUT2D eigenvalue weighted by atomic mass is 16.7. The summed E-state index contributed by atoms with van der Waals surface area (Å²) >= 11 is 0. The Bertz CT molecular complexity index is 301. The summed E-state index contributed by atoms with van der Waals surface area (Å²) in [5.74, 6) is -0.197. The number of carbonyl (C=O) groups excluding carboxylic acids is 1. The molecular formula is C14H24O4. The zero-order valence-electron chi connectivity index (χ0n) is 11.8. The molecule has 104 valence electrons. The standard InChI is InChI=1S/C14H24O4/c1-5-7-11(8-6-2)13(15)16-9-12-10-17-14(3,4)18-12/h10-11H,5-9H2,1-4H3. The fourth-order valence-corrected chi connectivity index (χ4v) is 1.97. The van der Waals surface area contributed by atoms with Crippen LogP contribution in [0.3, 0.4) is 0 Å². The molecule has 0 radical (unpaired) electrons. The topological polar surface area (TPSA) is 44.8 Å². The van der Waals surface area contributed by atoms with Crippen LogP contribution in [0.25, 0.3) is 0 Å². The van der Waals surface area contributed by atoms with E-state index in [0.29, 0.717) is 5.76 Å². The van der Waals surface area contributed by atoms with Crippen LogP contribution in [0.4, 0.5) is 0 Å². The third kappa shape index (κ3) is 4.59. The zero-order chi connectivity index (χ0) is 13.6. The first kappa shape index (κ1) is 14.9. The van der Waals surface area contributed by atoms with Crippen LogP contribution < -0.4 is 0 Å². The molecule has 0 aliphatic carbocycles. The summed E-state index contributed by atoms with van der Waals surface area (Å²) in [6.07, 6.45) is 5.27. The molecule has 0 spiro atoms. The molecule has 0 amide bonds. The number of hydrogen-bond donors (Lipinski definition) is 0. The molecule has 1 heterocycles. The molecule has 0 aromatic heterocycles. The van der Waals surface area contributed by atoms with Crippen molar-refractivity contribution in [1.82, 2.24) is 0 Å². The second kappa shape index (κ2) is 6.66. The van der Waals surface area contributed by atoms with Gasteiger partial charge in [0, 0.05) is 13.8 Å². The Balaban J connectivity index is 2.36. The lowest BCUT2D eigenvalue weighted by atomic mass is 9.99. The zero-order valence-corrected chi connectivity index (χ0v) is 11.8. The molecule has 4 nitrogen and oxygen atoms in total. The normalized spacial score (nSPS) is 17.1. The first-order valence-corrected chi connectivity index (χ1v) is 6.71. The first-order chi connectivity index (χ1) is 8.48. The van der Waals surface area contributed by atoms with Gasteiger partial charge in [-0.2, -0.15) is 0 Å². The van der Waals surface area contributed by atoms with Gasteiger partial charge in [0.05, 0.1) is 5.92 Å². The van der Waals surface area contributed by atoms with Gasteiger partial charge in [0.15, 0.2) is 12.4 Å². The maximum absolute atomic E-state index is 11.9. The van der Waals surface area contributed by atoms with Crippen LogP contribution in [-0.4, -0.2) is 18.4 Å². The van der Waals surface area contributed by atoms with Crippen LogP contribution in [0.5, 0.6) is 0 Å². The predicted octanol–water partition coefficient (Wildman–Crippen LogP) is 3.37. The van der Waals surface area contributed by atoms with Crippen molar-refractivity contribution in [2.75, 3.05) is 6.61 Å². The smallest absolute Gasteiger partial charge is 0.309 e. The quantitative estimate of drug-likeness (QED) is 0.655. The highest BCUT2D eigenvalue weighted by molar-refractivity contribution is 5.72. The third-order valence-corrected chi connectivity index (χ3v) is 2.82. The van der Waals surface area contributed by atoms with Gasteiger partial charge in [0.25, 0.3) is 0 Å².